The minimum Gasteiger partial charge on any atom is -0.496 e. The van der Waals surface area contributed by atoms with E-state index in [4.69, 9.17) is 4.74 Å². The zero-order valence-electron chi connectivity index (χ0n) is 13.5. The molecule has 22 heavy (non-hydrogen) atoms. The lowest BCUT2D eigenvalue weighted by Gasteiger charge is -2.39. The van der Waals surface area contributed by atoms with Crippen molar-refractivity contribution in [1.82, 2.24) is 4.90 Å². The van der Waals surface area contributed by atoms with E-state index in [1.165, 1.54) is 6.42 Å². The highest BCUT2D eigenvalue weighted by Gasteiger charge is 2.31. The number of carbonyl (C=O) groups excluding carboxylic acids is 1. The van der Waals surface area contributed by atoms with Crippen LogP contribution in [0.3, 0.4) is 0 Å². The monoisotopic (exact) mass is 297 g/mol. The van der Waals surface area contributed by atoms with E-state index in [1.54, 1.807) is 7.11 Å². The number of likely N-dealkylation sites (tertiary alicyclic amines) is 1. The molecule has 116 valence electrons. The van der Waals surface area contributed by atoms with Crippen LogP contribution in [0.5, 0.6) is 5.75 Å². The molecule has 2 aromatic rings. The second-order valence-corrected chi connectivity index (χ2v) is 6.24. The van der Waals surface area contributed by atoms with Crippen molar-refractivity contribution in [2.75, 3.05) is 7.11 Å². The minimum atomic E-state index is 0.0855. The average molecular weight is 297 g/mol. The van der Waals surface area contributed by atoms with Crippen molar-refractivity contribution >= 4 is 16.7 Å². The molecule has 1 heterocycles. The fourth-order valence-electron chi connectivity index (χ4n) is 3.52. The first-order valence-electron chi connectivity index (χ1n) is 8.01. The van der Waals surface area contributed by atoms with E-state index in [0.29, 0.717) is 11.3 Å². The smallest absolute Gasteiger partial charge is 0.258 e. The van der Waals surface area contributed by atoms with E-state index in [1.807, 2.05) is 41.3 Å². The first-order chi connectivity index (χ1) is 10.6. The fraction of sp³-hybridized carbons (Fsp3) is 0.421. The molecule has 1 saturated heterocycles. The van der Waals surface area contributed by atoms with Crippen LogP contribution in [-0.4, -0.2) is 30.0 Å². The molecule has 0 N–H and O–H groups in total. The number of benzene rings is 2. The lowest BCUT2D eigenvalue weighted by molar-refractivity contribution is 0.0508. The number of piperidine rings is 1. The zero-order valence-corrected chi connectivity index (χ0v) is 13.5. The number of ether oxygens (including phenoxy) is 1. The van der Waals surface area contributed by atoms with Crippen LogP contribution in [-0.2, 0) is 0 Å². The van der Waals surface area contributed by atoms with Gasteiger partial charge in [0.05, 0.1) is 12.7 Å². The number of methoxy groups -OCH3 is 1. The second-order valence-electron chi connectivity index (χ2n) is 6.24. The lowest BCUT2D eigenvalue weighted by atomic mass is 9.95. The SMILES string of the molecule is COc1cc2ccccc2cc1C(=O)N1[C@H](C)CCC[C@@H]1C. The number of rotatable bonds is 2. The van der Waals surface area contributed by atoms with E-state index in [2.05, 4.69) is 13.8 Å². The van der Waals surface area contributed by atoms with Crippen LogP contribution in [0.15, 0.2) is 36.4 Å². The van der Waals surface area contributed by atoms with Gasteiger partial charge in [-0.3, -0.25) is 4.79 Å². The van der Waals surface area contributed by atoms with Gasteiger partial charge in [0.2, 0.25) is 0 Å². The van der Waals surface area contributed by atoms with Crippen LogP contribution in [0, 0.1) is 0 Å². The molecule has 0 radical (unpaired) electrons. The van der Waals surface area contributed by atoms with Gasteiger partial charge in [-0.1, -0.05) is 24.3 Å². The summed E-state index contributed by atoms with van der Waals surface area (Å²) in [7, 11) is 1.63. The van der Waals surface area contributed by atoms with E-state index in [-0.39, 0.29) is 18.0 Å². The molecular weight excluding hydrogens is 274 g/mol. The van der Waals surface area contributed by atoms with Gasteiger partial charge < -0.3 is 9.64 Å². The largest absolute Gasteiger partial charge is 0.496 e. The summed E-state index contributed by atoms with van der Waals surface area (Å²) in [6.45, 7) is 4.28. The van der Waals surface area contributed by atoms with Crippen LogP contribution in [0.1, 0.15) is 43.5 Å². The molecule has 3 rings (SSSR count). The lowest BCUT2D eigenvalue weighted by Crippen LogP contribution is -2.47. The summed E-state index contributed by atoms with van der Waals surface area (Å²) < 4.78 is 5.49. The average Bonchev–Trinajstić information content (AvgIpc) is 2.53. The van der Waals surface area contributed by atoms with Crippen molar-refractivity contribution in [1.29, 1.82) is 0 Å². The number of fused-ring (bicyclic) bond motifs is 1. The second kappa shape index (κ2) is 5.99. The predicted octanol–water partition coefficient (Wildman–Crippen LogP) is 4.25. The van der Waals surface area contributed by atoms with Gasteiger partial charge in [0.15, 0.2) is 0 Å². The molecule has 0 unspecified atom stereocenters. The van der Waals surface area contributed by atoms with E-state index < -0.39 is 0 Å². The summed E-state index contributed by atoms with van der Waals surface area (Å²) in [6.07, 6.45) is 3.35. The van der Waals surface area contributed by atoms with Crippen molar-refractivity contribution in [2.24, 2.45) is 0 Å². The summed E-state index contributed by atoms with van der Waals surface area (Å²) in [5.41, 5.74) is 0.668. The third kappa shape index (κ3) is 2.56. The van der Waals surface area contributed by atoms with Gasteiger partial charge in [-0.05, 0) is 56.0 Å². The number of hydrogen-bond donors (Lipinski definition) is 0. The van der Waals surface area contributed by atoms with Gasteiger partial charge in [0, 0.05) is 12.1 Å². The van der Waals surface area contributed by atoms with Gasteiger partial charge in [-0.15, -0.1) is 0 Å². The normalized spacial score (nSPS) is 21.9. The molecule has 1 amide bonds. The molecule has 0 aliphatic carbocycles. The maximum atomic E-state index is 13.1. The Morgan fingerprint density at radius 1 is 1.09 bits per heavy atom. The van der Waals surface area contributed by atoms with E-state index >= 15 is 0 Å². The Bertz CT molecular complexity index is 685. The van der Waals surface area contributed by atoms with E-state index in [9.17, 15) is 4.79 Å². The van der Waals surface area contributed by atoms with Gasteiger partial charge in [0.25, 0.3) is 5.91 Å². The number of amides is 1. The Kier molecular flexibility index (Phi) is 4.06. The summed E-state index contributed by atoms with van der Waals surface area (Å²) >= 11 is 0. The standard InChI is InChI=1S/C19H23NO2/c1-13-7-6-8-14(2)20(13)19(21)17-11-15-9-4-5-10-16(15)12-18(17)22-3/h4-5,9-14H,6-8H2,1-3H3/t13-,14+. The zero-order chi connectivity index (χ0) is 15.7. The molecular formula is C19H23NO2. The highest BCUT2D eigenvalue weighted by Crippen LogP contribution is 2.31. The van der Waals surface area contributed by atoms with Crippen LogP contribution >= 0.6 is 0 Å². The molecule has 3 nitrogen and oxygen atoms in total. The van der Waals surface area contributed by atoms with Crippen LogP contribution < -0.4 is 4.74 Å². The van der Waals surface area contributed by atoms with Gasteiger partial charge in [0.1, 0.15) is 5.75 Å². The molecule has 2 aromatic carbocycles. The Labute approximate surface area is 131 Å². The first-order valence-corrected chi connectivity index (χ1v) is 8.01. The Morgan fingerprint density at radius 3 is 2.27 bits per heavy atom. The summed E-state index contributed by atoms with van der Waals surface area (Å²) in [5.74, 6) is 0.746. The van der Waals surface area contributed by atoms with Crippen LogP contribution in [0.25, 0.3) is 10.8 Å². The molecule has 0 bridgehead atoms. The van der Waals surface area contributed by atoms with E-state index in [0.717, 1.165) is 23.6 Å². The summed E-state index contributed by atoms with van der Waals surface area (Å²) in [5, 5.41) is 2.17. The van der Waals surface area contributed by atoms with Gasteiger partial charge in [-0.25, -0.2) is 0 Å². The van der Waals surface area contributed by atoms with Crippen molar-refractivity contribution in [3.05, 3.63) is 42.0 Å². The highest BCUT2D eigenvalue weighted by molar-refractivity contribution is 6.02. The third-order valence-electron chi connectivity index (χ3n) is 4.73. The Balaban J connectivity index is 2.05. The third-order valence-corrected chi connectivity index (χ3v) is 4.73. The topological polar surface area (TPSA) is 29.5 Å². The summed E-state index contributed by atoms with van der Waals surface area (Å²) in [4.78, 5) is 15.1. The maximum absolute atomic E-state index is 13.1. The van der Waals surface area contributed by atoms with Crippen LogP contribution in [0.2, 0.25) is 0 Å². The molecule has 0 aromatic heterocycles. The molecule has 0 spiro atoms. The van der Waals surface area contributed by atoms with Crippen molar-refractivity contribution < 1.29 is 9.53 Å². The molecule has 3 heteroatoms. The molecule has 1 aliphatic rings. The number of carbonyl (C=O) groups is 1. The quantitative estimate of drug-likeness (QED) is 0.829. The fourth-order valence-corrected chi connectivity index (χ4v) is 3.52. The molecule has 1 fully saturated rings. The van der Waals surface area contributed by atoms with Gasteiger partial charge in [-0.2, -0.15) is 0 Å². The predicted molar refractivity (Wildman–Crippen MR) is 89.4 cm³/mol. The maximum Gasteiger partial charge on any atom is 0.258 e. The molecule has 0 saturated carbocycles. The Morgan fingerprint density at radius 2 is 1.68 bits per heavy atom. The molecule has 2 atom stereocenters. The minimum absolute atomic E-state index is 0.0855. The van der Waals surface area contributed by atoms with Gasteiger partial charge >= 0.3 is 0 Å². The van der Waals surface area contributed by atoms with Crippen molar-refractivity contribution in [3.63, 3.8) is 0 Å². The molecule has 1 aliphatic heterocycles. The highest BCUT2D eigenvalue weighted by atomic mass is 16.5. The Hall–Kier alpha value is -2.03. The summed E-state index contributed by atoms with van der Waals surface area (Å²) in [6, 6.07) is 12.6. The number of nitrogens with zero attached hydrogens (tertiary/aromatic N) is 1. The number of hydrogen-bond acceptors (Lipinski definition) is 2. The first kappa shape index (κ1) is 14.9. The van der Waals surface area contributed by atoms with Crippen molar-refractivity contribution in [3.8, 4) is 5.75 Å². The van der Waals surface area contributed by atoms with Crippen molar-refractivity contribution in [2.45, 2.75) is 45.2 Å². The van der Waals surface area contributed by atoms with Crippen LogP contribution in [0.4, 0.5) is 0 Å².